The number of carbonyl (C=O) groups is 1. The average Bonchev–Trinajstić information content (AvgIpc) is 2.71. The Hall–Kier alpha value is -1.76. The van der Waals surface area contributed by atoms with Gasteiger partial charge in [-0.1, -0.05) is 47.1 Å². The molecule has 2 aromatic rings. The van der Waals surface area contributed by atoms with Crippen molar-refractivity contribution in [2.24, 2.45) is 0 Å². The molecular formula is C23H27BrFNO3. The molecule has 29 heavy (non-hydrogen) atoms. The highest BCUT2D eigenvalue weighted by molar-refractivity contribution is 9.10. The van der Waals surface area contributed by atoms with Crippen LogP contribution in [0.25, 0.3) is 0 Å². The lowest BCUT2D eigenvalue weighted by atomic mass is 9.68. The van der Waals surface area contributed by atoms with Crippen LogP contribution in [0.1, 0.15) is 49.8 Å². The predicted octanol–water partition coefficient (Wildman–Crippen LogP) is 4.34. The molecule has 0 bridgehead atoms. The summed E-state index contributed by atoms with van der Waals surface area (Å²) in [6, 6.07) is 14.2. The second-order valence-corrected chi connectivity index (χ2v) is 8.73. The Bertz CT molecular complexity index is 827. The molecule has 156 valence electrons. The molecule has 1 amide bonds. The van der Waals surface area contributed by atoms with E-state index in [2.05, 4.69) is 22.9 Å². The van der Waals surface area contributed by atoms with E-state index in [1.165, 1.54) is 12.1 Å². The highest BCUT2D eigenvalue weighted by Crippen LogP contribution is 2.42. The number of likely N-dealkylation sites (tertiary alicyclic amines) is 1. The van der Waals surface area contributed by atoms with Gasteiger partial charge in [0, 0.05) is 22.9 Å². The van der Waals surface area contributed by atoms with Gasteiger partial charge in [-0.15, -0.1) is 0 Å². The first kappa shape index (κ1) is 21.9. The molecule has 3 rings (SSSR count). The quantitative estimate of drug-likeness (QED) is 0.641. The Labute approximate surface area is 179 Å². The largest absolute Gasteiger partial charge is 0.394 e. The van der Waals surface area contributed by atoms with Gasteiger partial charge in [-0.3, -0.25) is 4.79 Å². The van der Waals surface area contributed by atoms with Gasteiger partial charge in [0.2, 0.25) is 5.91 Å². The average molecular weight is 464 g/mol. The van der Waals surface area contributed by atoms with Crippen LogP contribution in [-0.4, -0.2) is 40.3 Å². The van der Waals surface area contributed by atoms with Crippen LogP contribution in [-0.2, 0) is 10.2 Å². The van der Waals surface area contributed by atoms with Crippen LogP contribution in [0.15, 0.2) is 53.0 Å². The molecule has 0 saturated carbocycles. The van der Waals surface area contributed by atoms with E-state index in [1.807, 2.05) is 29.2 Å². The van der Waals surface area contributed by atoms with Crippen LogP contribution < -0.4 is 0 Å². The molecule has 1 aliphatic rings. The topological polar surface area (TPSA) is 60.8 Å². The minimum Gasteiger partial charge on any atom is -0.394 e. The van der Waals surface area contributed by atoms with Crippen molar-refractivity contribution in [3.8, 4) is 0 Å². The zero-order valence-electron chi connectivity index (χ0n) is 16.5. The molecular weight excluding hydrogens is 437 g/mol. The van der Waals surface area contributed by atoms with Crippen LogP contribution >= 0.6 is 15.9 Å². The summed E-state index contributed by atoms with van der Waals surface area (Å²) < 4.78 is 14.4. The second kappa shape index (κ2) is 9.37. The van der Waals surface area contributed by atoms with Crippen LogP contribution in [0.2, 0.25) is 0 Å². The maximum atomic E-state index is 13.4. The van der Waals surface area contributed by atoms with Gasteiger partial charge in [0.15, 0.2) is 0 Å². The number of nitrogens with zero attached hydrogens (tertiary/aromatic N) is 1. The number of aliphatic hydroxyl groups is 2. The van der Waals surface area contributed by atoms with E-state index in [9.17, 15) is 19.4 Å². The number of hydrogen-bond donors (Lipinski definition) is 2. The molecule has 3 atom stereocenters. The molecule has 1 aliphatic heterocycles. The van der Waals surface area contributed by atoms with Gasteiger partial charge in [-0.2, -0.15) is 0 Å². The summed E-state index contributed by atoms with van der Waals surface area (Å²) in [7, 11) is 0. The fourth-order valence-corrected chi connectivity index (χ4v) is 4.71. The minimum atomic E-state index is -0.923. The lowest BCUT2D eigenvalue weighted by Gasteiger charge is -2.45. The van der Waals surface area contributed by atoms with Crippen molar-refractivity contribution >= 4 is 21.8 Å². The minimum absolute atomic E-state index is 0.00965. The molecule has 0 spiro atoms. The number of aliphatic hydroxyl groups excluding tert-OH is 2. The highest BCUT2D eigenvalue weighted by Gasteiger charge is 2.43. The molecule has 2 N–H and O–H groups in total. The molecule has 1 fully saturated rings. The van der Waals surface area contributed by atoms with E-state index in [-0.39, 0.29) is 37.2 Å². The van der Waals surface area contributed by atoms with Crippen molar-refractivity contribution < 1.29 is 19.4 Å². The Kier molecular flexibility index (Phi) is 7.09. The number of hydrogen-bond acceptors (Lipinski definition) is 3. The third-order valence-electron chi connectivity index (χ3n) is 5.95. The van der Waals surface area contributed by atoms with Crippen molar-refractivity contribution in [1.82, 2.24) is 4.90 Å². The molecule has 0 unspecified atom stereocenters. The molecule has 4 nitrogen and oxygen atoms in total. The van der Waals surface area contributed by atoms with Crippen molar-refractivity contribution in [1.29, 1.82) is 0 Å². The van der Waals surface area contributed by atoms with Crippen molar-refractivity contribution in [3.05, 3.63) is 69.9 Å². The maximum Gasteiger partial charge on any atom is 0.223 e. The van der Waals surface area contributed by atoms with Gasteiger partial charge in [0.1, 0.15) is 5.82 Å². The Morgan fingerprint density at radius 2 is 1.83 bits per heavy atom. The lowest BCUT2D eigenvalue weighted by molar-refractivity contribution is -0.139. The number of rotatable bonds is 7. The Morgan fingerprint density at radius 3 is 2.38 bits per heavy atom. The van der Waals surface area contributed by atoms with Gasteiger partial charge >= 0.3 is 0 Å². The molecule has 0 aromatic heterocycles. The summed E-state index contributed by atoms with van der Waals surface area (Å²) in [4.78, 5) is 15.2. The van der Waals surface area contributed by atoms with Crippen LogP contribution in [0.3, 0.4) is 0 Å². The molecule has 6 heteroatoms. The lowest BCUT2D eigenvalue weighted by Crippen LogP contribution is -2.49. The first-order valence-electron chi connectivity index (χ1n) is 9.98. The third-order valence-corrected chi connectivity index (χ3v) is 6.48. The molecule has 2 aromatic carbocycles. The van der Waals surface area contributed by atoms with E-state index in [1.54, 1.807) is 12.1 Å². The Balaban J connectivity index is 1.87. The summed E-state index contributed by atoms with van der Waals surface area (Å²) in [5.41, 5.74) is 1.31. The number of amides is 1. The molecule has 1 heterocycles. The van der Waals surface area contributed by atoms with E-state index in [0.717, 1.165) is 22.0 Å². The highest BCUT2D eigenvalue weighted by atomic mass is 79.9. The monoisotopic (exact) mass is 463 g/mol. The fraction of sp³-hybridized carbons (Fsp3) is 0.435. The van der Waals surface area contributed by atoms with Crippen LogP contribution in [0.4, 0.5) is 4.39 Å². The summed E-state index contributed by atoms with van der Waals surface area (Å²) in [6.07, 6.45) is 1.02. The Morgan fingerprint density at radius 1 is 1.17 bits per heavy atom. The van der Waals surface area contributed by atoms with Gasteiger partial charge < -0.3 is 15.1 Å². The third kappa shape index (κ3) is 4.87. The van der Waals surface area contributed by atoms with Crippen LogP contribution in [0.5, 0.6) is 0 Å². The van der Waals surface area contributed by atoms with Crippen molar-refractivity contribution in [2.45, 2.75) is 50.2 Å². The van der Waals surface area contributed by atoms with Crippen molar-refractivity contribution in [3.63, 3.8) is 0 Å². The van der Waals surface area contributed by atoms with Crippen LogP contribution in [0, 0.1) is 5.82 Å². The summed E-state index contributed by atoms with van der Waals surface area (Å²) in [6.45, 7) is 2.25. The number of piperidine rings is 1. The number of benzene rings is 2. The van der Waals surface area contributed by atoms with Gasteiger partial charge in [-0.25, -0.2) is 4.39 Å². The van der Waals surface area contributed by atoms with Gasteiger partial charge in [0.25, 0.3) is 0 Å². The zero-order chi connectivity index (χ0) is 21.0. The molecule has 1 saturated heterocycles. The van der Waals surface area contributed by atoms with E-state index in [0.29, 0.717) is 13.0 Å². The summed E-state index contributed by atoms with van der Waals surface area (Å²) >= 11 is 3.45. The standard InChI is InChI=1S/C23H27BrFNO3/c1-2-21(16-3-7-18(24)8-4-16)26-12-11-23(14-22(26)29,13-20(28)15-27)17-5-9-19(25)10-6-17/h3-10,20-21,27-28H,2,11-15H2,1H3/t20-,21+,23-/m0/s1. The zero-order valence-corrected chi connectivity index (χ0v) is 18.1. The first-order valence-corrected chi connectivity index (χ1v) is 10.8. The molecule has 0 radical (unpaired) electrons. The number of carbonyl (C=O) groups excluding carboxylic acids is 1. The summed E-state index contributed by atoms with van der Waals surface area (Å²) in [5.74, 6) is -0.322. The van der Waals surface area contributed by atoms with E-state index < -0.39 is 11.5 Å². The molecule has 0 aliphatic carbocycles. The smallest absolute Gasteiger partial charge is 0.223 e. The van der Waals surface area contributed by atoms with E-state index in [4.69, 9.17) is 0 Å². The van der Waals surface area contributed by atoms with Gasteiger partial charge in [-0.05, 0) is 54.7 Å². The maximum absolute atomic E-state index is 13.4. The SMILES string of the molecule is CC[C@H](c1ccc(Br)cc1)N1CC[C@@](C[C@H](O)CO)(c2ccc(F)cc2)CC1=O. The van der Waals surface area contributed by atoms with E-state index >= 15 is 0 Å². The fourth-order valence-electron chi connectivity index (χ4n) is 4.45. The normalized spacial score (nSPS) is 21.8. The van der Waals surface area contributed by atoms with Crippen molar-refractivity contribution in [2.75, 3.05) is 13.2 Å². The second-order valence-electron chi connectivity index (χ2n) is 7.82. The van der Waals surface area contributed by atoms with Gasteiger partial charge in [0.05, 0.1) is 18.8 Å². The predicted molar refractivity (Wildman–Crippen MR) is 114 cm³/mol. The number of halogens is 2. The first-order chi connectivity index (χ1) is 13.9. The summed E-state index contributed by atoms with van der Waals surface area (Å²) in [5, 5.41) is 19.5.